The van der Waals surface area contributed by atoms with E-state index < -0.39 is 29.6 Å². The molecule has 35 heavy (non-hydrogen) atoms. The van der Waals surface area contributed by atoms with Crippen LogP contribution in [0.2, 0.25) is 0 Å². The van der Waals surface area contributed by atoms with E-state index in [0.717, 1.165) is 24.0 Å². The van der Waals surface area contributed by atoms with Crippen LogP contribution in [0, 0.1) is 0 Å². The lowest BCUT2D eigenvalue weighted by atomic mass is 9.92. The maximum Gasteiger partial charge on any atom is 0.416 e. The third-order valence-electron chi connectivity index (χ3n) is 6.94. The number of aromatic nitrogens is 2. The Kier molecular flexibility index (Phi) is 7.75. The minimum atomic E-state index is -4.55. The van der Waals surface area contributed by atoms with Crippen molar-refractivity contribution in [2.45, 2.75) is 37.5 Å². The van der Waals surface area contributed by atoms with Gasteiger partial charge in [0, 0.05) is 43.2 Å². The SMILES string of the molecule is CC(C(=O)N1CCN(C(=O)CN(C)C2CCSC2)CC1c1cn[nH]c1)c1ccccc1C(F)(F)F. The molecule has 3 atom stereocenters. The van der Waals surface area contributed by atoms with Crippen LogP contribution in [0.25, 0.3) is 0 Å². The molecule has 1 N–H and O–H groups in total. The minimum absolute atomic E-state index is 0.0135. The number of halogens is 3. The van der Waals surface area contributed by atoms with Crippen LogP contribution in [0.5, 0.6) is 0 Å². The number of carbonyl (C=O) groups excluding carboxylic acids is 2. The molecule has 0 bridgehead atoms. The Morgan fingerprint density at radius 2 is 2.06 bits per heavy atom. The van der Waals surface area contributed by atoms with Gasteiger partial charge in [0.1, 0.15) is 0 Å². The van der Waals surface area contributed by atoms with Crippen molar-refractivity contribution in [2.75, 3.05) is 44.7 Å². The summed E-state index contributed by atoms with van der Waals surface area (Å²) in [6.07, 6.45) is -0.236. The normalized spacial score (nSPS) is 22.0. The fourth-order valence-corrected chi connectivity index (χ4v) is 6.13. The molecule has 11 heteroatoms. The van der Waals surface area contributed by atoms with Crippen LogP contribution in [-0.2, 0) is 15.8 Å². The zero-order chi connectivity index (χ0) is 25.2. The minimum Gasteiger partial charge on any atom is -0.337 e. The molecule has 1 aromatic carbocycles. The van der Waals surface area contributed by atoms with E-state index in [4.69, 9.17) is 0 Å². The molecule has 4 rings (SSSR count). The fourth-order valence-electron chi connectivity index (χ4n) is 4.83. The molecule has 3 heterocycles. The van der Waals surface area contributed by atoms with Crippen molar-refractivity contribution >= 4 is 23.6 Å². The number of nitrogens with one attached hydrogen (secondary N) is 1. The highest BCUT2D eigenvalue weighted by Crippen LogP contribution is 2.37. The second-order valence-corrected chi connectivity index (χ2v) is 10.3. The summed E-state index contributed by atoms with van der Waals surface area (Å²) in [6, 6.07) is 5.08. The van der Waals surface area contributed by atoms with Crippen molar-refractivity contribution < 1.29 is 22.8 Å². The number of H-pyrrole nitrogens is 1. The number of aromatic amines is 1. The van der Waals surface area contributed by atoms with Gasteiger partial charge in [0.25, 0.3) is 0 Å². The Bertz CT molecular complexity index is 1030. The molecule has 2 aromatic rings. The first-order chi connectivity index (χ1) is 16.7. The Morgan fingerprint density at radius 1 is 1.29 bits per heavy atom. The van der Waals surface area contributed by atoms with Gasteiger partial charge in [0.05, 0.1) is 30.3 Å². The van der Waals surface area contributed by atoms with Crippen LogP contribution in [-0.4, -0.2) is 87.5 Å². The molecule has 2 aliphatic rings. The number of piperazine rings is 1. The molecule has 0 aliphatic carbocycles. The topological polar surface area (TPSA) is 72.5 Å². The second kappa shape index (κ2) is 10.6. The highest BCUT2D eigenvalue weighted by Gasteiger charge is 2.40. The molecule has 0 spiro atoms. The third kappa shape index (κ3) is 5.66. The monoisotopic (exact) mass is 509 g/mol. The number of hydrogen-bond donors (Lipinski definition) is 1. The fraction of sp³-hybridized carbons (Fsp3) is 0.542. The van der Waals surface area contributed by atoms with Crippen LogP contribution >= 0.6 is 11.8 Å². The first-order valence-electron chi connectivity index (χ1n) is 11.7. The zero-order valence-corrected chi connectivity index (χ0v) is 20.6. The van der Waals surface area contributed by atoms with Crippen molar-refractivity contribution in [3.05, 3.63) is 53.3 Å². The van der Waals surface area contributed by atoms with Gasteiger partial charge in [-0.05, 0) is 37.8 Å². The van der Waals surface area contributed by atoms with Gasteiger partial charge in [0.15, 0.2) is 0 Å². The summed E-state index contributed by atoms with van der Waals surface area (Å²) in [7, 11) is 1.96. The molecular weight excluding hydrogens is 479 g/mol. The van der Waals surface area contributed by atoms with E-state index in [9.17, 15) is 22.8 Å². The summed E-state index contributed by atoms with van der Waals surface area (Å²) in [5.41, 5.74) is -0.138. The number of thioether (sulfide) groups is 1. The number of amides is 2. The molecule has 3 unspecified atom stereocenters. The highest BCUT2D eigenvalue weighted by molar-refractivity contribution is 7.99. The number of hydrogen-bond acceptors (Lipinski definition) is 5. The summed E-state index contributed by atoms with van der Waals surface area (Å²) in [5, 5.41) is 6.72. The molecule has 2 fully saturated rings. The zero-order valence-electron chi connectivity index (χ0n) is 19.8. The number of benzene rings is 1. The van der Waals surface area contributed by atoms with E-state index in [0.29, 0.717) is 24.7 Å². The Labute approximate surface area is 207 Å². The summed E-state index contributed by atoms with van der Waals surface area (Å²) < 4.78 is 40.8. The molecule has 2 amide bonds. The van der Waals surface area contributed by atoms with E-state index >= 15 is 0 Å². The predicted molar refractivity (Wildman–Crippen MR) is 128 cm³/mol. The van der Waals surface area contributed by atoms with Gasteiger partial charge in [-0.25, -0.2) is 0 Å². The standard InChI is InChI=1S/C24H30F3N5O2S/c1-16(19-5-3-4-6-20(19)24(25,26)27)23(34)32-9-8-31(13-21(32)17-11-28-29-12-17)22(33)14-30(2)18-7-10-35-15-18/h3-6,11-12,16,18,21H,7-10,13-15H2,1-2H3,(H,28,29). The average Bonchev–Trinajstić information content (AvgIpc) is 3.57. The maximum atomic E-state index is 13.6. The summed E-state index contributed by atoms with van der Waals surface area (Å²) in [5.74, 6) is 0.708. The van der Waals surface area contributed by atoms with Gasteiger partial charge < -0.3 is 9.80 Å². The smallest absolute Gasteiger partial charge is 0.337 e. The second-order valence-electron chi connectivity index (χ2n) is 9.16. The van der Waals surface area contributed by atoms with Crippen molar-refractivity contribution in [2.24, 2.45) is 0 Å². The van der Waals surface area contributed by atoms with E-state index in [2.05, 4.69) is 15.1 Å². The summed E-state index contributed by atoms with van der Waals surface area (Å²) in [4.78, 5) is 32.0. The van der Waals surface area contributed by atoms with Gasteiger partial charge in [-0.1, -0.05) is 18.2 Å². The number of carbonyl (C=O) groups is 2. The molecule has 2 aliphatic heterocycles. The lowest BCUT2D eigenvalue weighted by Gasteiger charge is -2.42. The van der Waals surface area contributed by atoms with Gasteiger partial charge in [-0.3, -0.25) is 19.6 Å². The van der Waals surface area contributed by atoms with Crippen LogP contribution in [0.1, 0.15) is 42.0 Å². The number of alkyl halides is 3. The van der Waals surface area contributed by atoms with Crippen molar-refractivity contribution in [1.29, 1.82) is 0 Å². The number of rotatable bonds is 6. The highest BCUT2D eigenvalue weighted by atomic mass is 32.2. The number of nitrogens with zero attached hydrogens (tertiary/aromatic N) is 4. The lowest BCUT2D eigenvalue weighted by molar-refractivity contribution is -0.145. The van der Waals surface area contributed by atoms with Crippen LogP contribution in [0.15, 0.2) is 36.7 Å². The first kappa shape index (κ1) is 25.6. The molecule has 2 saturated heterocycles. The molecule has 190 valence electrons. The van der Waals surface area contributed by atoms with Gasteiger partial charge in [-0.15, -0.1) is 0 Å². The maximum absolute atomic E-state index is 13.6. The van der Waals surface area contributed by atoms with Gasteiger partial charge in [-0.2, -0.15) is 30.0 Å². The summed E-state index contributed by atoms with van der Waals surface area (Å²) >= 11 is 1.89. The Balaban J connectivity index is 1.51. The molecule has 0 radical (unpaired) electrons. The number of likely N-dealkylation sites (N-methyl/N-ethyl adjacent to an activating group) is 1. The quantitative estimate of drug-likeness (QED) is 0.647. The van der Waals surface area contributed by atoms with Crippen molar-refractivity contribution in [3.63, 3.8) is 0 Å². The molecule has 7 nitrogen and oxygen atoms in total. The van der Waals surface area contributed by atoms with Crippen LogP contribution < -0.4 is 0 Å². The van der Waals surface area contributed by atoms with E-state index in [-0.39, 0.29) is 24.6 Å². The third-order valence-corrected chi connectivity index (χ3v) is 8.08. The van der Waals surface area contributed by atoms with E-state index in [1.807, 2.05) is 18.8 Å². The van der Waals surface area contributed by atoms with Crippen molar-refractivity contribution in [3.8, 4) is 0 Å². The average molecular weight is 510 g/mol. The molecular formula is C24H30F3N5O2S. The van der Waals surface area contributed by atoms with E-state index in [1.54, 1.807) is 22.2 Å². The van der Waals surface area contributed by atoms with Crippen LogP contribution in [0.3, 0.4) is 0 Å². The Morgan fingerprint density at radius 3 is 2.71 bits per heavy atom. The molecule has 0 saturated carbocycles. The summed E-state index contributed by atoms with van der Waals surface area (Å²) in [6.45, 7) is 2.64. The van der Waals surface area contributed by atoms with Gasteiger partial charge in [0.2, 0.25) is 11.8 Å². The van der Waals surface area contributed by atoms with E-state index in [1.165, 1.54) is 25.1 Å². The largest absolute Gasteiger partial charge is 0.416 e. The van der Waals surface area contributed by atoms with Crippen molar-refractivity contribution in [1.82, 2.24) is 24.9 Å². The first-order valence-corrected chi connectivity index (χ1v) is 12.8. The lowest BCUT2D eigenvalue weighted by Crippen LogP contribution is -2.55. The predicted octanol–water partition coefficient (Wildman–Crippen LogP) is 3.38. The van der Waals surface area contributed by atoms with Gasteiger partial charge >= 0.3 is 6.18 Å². The Hall–Kier alpha value is -2.53. The molecule has 1 aromatic heterocycles. The van der Waals surface area contributed by atoms with Crippen LogP contribution in [0.4, 0.5) is 13.2 Å².